The molecular weight excluding hydrogens is 293 g/mol. The summed E-state index contributed by atoms with van der Waals surface area (Å²) in [6, 6.07) is 10.7. The van der Waals surface area contributed by atoms with Gasteiger partial charge in [0, 0.05) is 10.9 Å². The number of phenolic OH excluding ortho intramolecular Hbond substituents is 1. The molecule has 21 heavy (non-hydrogen) atoms. The Labute approximate surface area is 126 Å². The Morgan fingerprint density at radius 1 is 1.24 bits per heavy atom. The van der Waals surface area contributed by atoms with Gasteiger partial charge in [0.25, 0.3) is 0 Å². The standard InChI is InChI=1S/C16H13ClFNO2/c17-10-3-6-15(20)14(7-10)19-16(21)13-8-12(13)9-1-4-11(18)5-2-9/h1-7,12-13,20H,8H2,(H,19,21). The molecule has 1 aliphatic carbocycles. The zero-order valence-electron chi connectivity index (χ0n) is 11.0. The normalized spacial score (nSPS) is 20.1. The predicted octanol–water partition coefficient (Wildman–Crippen LogP) is 3.93. The molecule has 0 saturated heterocycles. The molecule has 0 radical (unpaired) electrons. The van der Waals surface area contributed by atoms with Crippen LogP contribution < -0.4 is 5.32 Å². The van der Waals surface area contributed by atoms with E-state index >= 15 is 0 Å². The molecule has 3 rings (SSSR count). The van der Waals surface area contributed by atoms with Gasteiger partial charge in [-0.2, -0.15) is 0 Å². The van der Waals surface area contributed by atoms with Crippen molar-refractivity contribution in [3.63, 3.8) is 0 Å². The quantitative estimate of drug-likeness (QED) is 0.844. The molecule has 5 heteroatoms. The fourth-order valence-corrected chi connectivity index (χ4v) is 2.57. The summed E-state index contributed by atoms with van der Waals surface area (Å²) in [5.74, 6) is -0.529. The van der Waals surface area contributed by atoms with Crippen LogP contribution in [0.5, 0.6) is 5.75 Å². The first-order valence-corrected chi connectivity index (χ1v) is 6.97. The summed E-state index contributed by atoms with van der Waals surface area (Å²) in [5.41, 5.74) is 1.25. The third-order valence-electron chi connectivity index (χ3n) is 3.64. The number of halogens is 2. The second kappa shape index (κ2) is 5.37. The van der Waals surface area contributed by atoms with Crippen LogP contribution in [0.2, 0.25) is 5.02 Å². The van der Waals surface area contributed by atoms with E-state index in [0.717, 1.165) is 12.0 Å². The minimum absolute atomic E-state index is 0.0215. The van der Waals surface area contributed by atoms with Crippen molar-refractivity contribution in [2.24, 2.45) is 5.92 Å². The lowest BCUT2D eigenvalue weighted by atomic mass is 10.1. The number of carbonyl (C=O) groups is 1. The molecule has 0 aromatic heterocycles. The summed E-state index contributed by atoms with van der Waals surface area (Å²) in [5, 5.41) is 12.8. The maximum atomic E-state index is 12.9. The molecule has 0 heterocycles. The van der Waals surface area contributed by atoms with E-state index in [2.05, 4.69) is 5.32 Å². The van der Waals surface area contributed by atoms with Crippen LogP contribution in [0.25, 0.3) is 0 Å². The molecule has 2 aromatic carbocycles. The molecule has 108 valence electrons. The van der Waals surface area contributed by atoms with Crippen LogP contribution in [-0.2, 0) is 4.79 Å². The third kappa shape index (κ3) is 3.00. The van der Waals surface area contributed by atoms with Crippen molar-refractivity contribution in [1.82, 2.24) is 0 Å². The molecule has 1 fully saturated rings. The maximum Gasteiger partial charge on any atom is 0.228 e. The van der Waals surface area contributed by atoms with Gasteiger partial charge < -0.3 is 10.4 Å². The highest BCUT2D eigenvalue weighted by Gasteiger charge is 2.44. The highest BCUT2D eigenvalue weighted by Crippen LogP contribution is 2.48. The van der Waals surface area contributed by atoms with Crippen LogP contribution in [0.4, 0.5) is 10.1 Å². The lowest BCUT2D eigenvalue weighted by Gasteiger charge is -2.07. The van der Waals surface area contributed by atoms with Crippen molar-refractivity contribution >= 4 is 23.2 Å². The number of aromatic hydroxyl groups is 1. The summed E-state index contributed by atoms with van der Waals surface area (Å²) in [6.07, 6.45) is 0.721. The molecule has 3 nitrogen and oxygen atoms in total. The van der Waals surface area contributed by atoms with Crippen molar-refractivity contribution in [3.05, 3.63) is 58.9 Å². The first kappa shape index (κ1) is 13.9. The van der Waals surface area contributed by atoms with Crippen LogP contribution in [0, 0.1) is 11.7 Å². The lowest BCUT2D eigenvalue weighted by molar-refractivity contribution is -0.117. The van der Waals surface area contributed by atoms with E-state index in [1.807, 2.05) is 0 Å². The van der Waals surface area contributed by atoms with Crippen molar-refractivity contribution in [2.75, 3.05) is 5.32 Å². The largest absolute Gasteiger partial charge is 0.506 e. The number of carbonyl (C=O) groups excluding carboxylic acids is 1. The van der Waals surface area contributed by atoms with Gasteiger partial charge >= 0.3 is 0 Å². The topological polar surface area (TPSA) is 49.3 Å². The van der Waals surface area contributed by atoms with Gasteiger partial charge in [0.2, 0.25) is 5.91 Å². The monoisotopic (exact) mass is 305 g/mol. The summed E-state index contributed by atoms with van der Waals surface area (Å²) in [7, 11) is 0. The first-order valence-electron chi connectivity index (χ1n) is 6.59. The molecule has 0 aliphatic heterocycles. The third-order valence-corrected chi connectivity index (χ3v) is 3.88. The van der Waals surface area contributed by atoms with E-state index in [0.29, 0.717) is 10.7 Å². The van der Waals surface area contributed by atoms with Crippen molar-refractivity contribution in [3.8, 4) is 5.75 Å². The zero-order chi connectivity index (χ0) is 15.0. The second-order valence-corrected chi connectivity index (χ2v) is 5.59. The van der Waals surface area contributed by atoms with Crippen molar-refractivity contribution in [2.45, 2.75) is 12.3 Å². The smallest absolute Gasteiger partial charge is 0.228 e. The van der Waals surface area contributed by atoms with Crippen molar-refractivity contribution in [1.29, 1.82) is 0 Å². The van der Waals surface area contributed by atoms with Crippen LogP contribution in [0.15, 0.2) is 42.5 Å². The number of rotatable bonds is 3. The van der Waals surface area contributed by atoms with Gasteiger partial charge in [-0.25, -0.2) is 4.39 Å². The fourth-order valence-electron chi connectivity index (χ4n) is 2.40. The zero-order valence-corrected chi connectivity index (χ0v) is 11.8. The molecule has 2 atom stereocenters. The highest BCUT2D eigenvalue weighted by molar-refractivity contribution is 6.31. The molecule has 0 bridgehead atoms. The average molecular weight is 306 g/mol. The van der Waals surface area contributed by atoms with Crippen LogP contribution in [0.3, 0.4) is 0 Å². The van der Waals surface area contributed by atoms with Gasteiger partial charge in [0.1, 0.15) is 11.6 Å². The molecule has 1 aliphatic rings. The van der Waals surface area contributed by atoms with E-state index in [1.54, 1.807) is 18.2 Å². The van der Waals surface area contributed by atoms with Gasteiger partial charge in [-0.3, -0.25) is 4.79 Å². The maximum absolute atomic E-state index is 12.9. The minimum Gasteiger partial charge on any atom is -0.506 e. The summed E-state index contributed by atoms with van der Waals surface area (Å²) >= 11 is 5.84. The SMILES string of the molecule is O=C(Nc1cc(Cl)ccc1O)C1CC1c1ccc(F)cc1. The summed E-state index contributed by atoms with van der Waals surface area (Å²) in [6.45, 7) is 0. The lowest BCUT2D eigenvalue weighted by Crippen LogP contribution is -2.14. The number of anilines is 1. The Morgan fingerprint density at radius 3 is 2.67 bits per heavy atom. The van der Waals surface area contributed by atoms with E-state index in [9.17, 15) is 14.3 Å². The van der Waals surface area contributed by atoms with Crippen LogP contribution >= 0.6 is 11.6 Å². The van der Waals surface area contributed by atoms with Gasteiger partial charge in [0.15, 0.2) is 0 Å². The number of hydrogen-bond acceptors (Lipinski definition) is 2. The average Bonchev–Trinajstić information content (AvgIpc) is 3.24. The van der Waals surface area contributed by atoms with Gasteiger partial charge in [-0.1, -0.05) is 23.7 Å². The Balaban J connectivity index is 1.68. The Kier molecular flexibility index (Phi) is 3.55. The van der Waals surface area contributed by atoms with E-state index in [1.165, 1.54) is 24.3 Å². The van der Waals surface area contributed by atoms with E-state index < -0.39 is 0 Å². The number of hydrogen-bond donors (Lipinski definition) is 2. The molecule has 0 spiro atoms. The first-order chi connectivity index (χ1) is 10.0. The van der Waals surface area contributed by atoms with Gasteiger partial charge in [-0.15, -0.1) is 0 Å². The predicted molar refractivity (Wildman–Crippen MR) is 79.0 cm³/mol. The van der Waals surface area contributed by atoms with Gasteiger partial charge in [-0.05, 0) is 48.2 Å². The Bertz CT molecular complexity index is 687. The Hall–Kier alpha value is -2.07. The molecule has 2 unspecified atom stereocenters. The van der Waals surface area contributed by atoms with Gasteiger partial charge in [0.05, 0.1) is 5.69 Å². The minimum atomic E-state index is -0.288. The van der Waals surface area contributed by atoms with E-state index in [-0.39, 0.29) is 29.3 Å². The Morgan fingerprint density at radius 2 is 1.95 bits per heavy atom. The molecular formula is C16H13ClFNO2. The number of phenols is 1. The fraction of sp³-hybridized carbons (Fsp3) is 0.188. The number of nitrogens with one attached hydrogen (secondary N) is 1. The number of amides is 1. The van der Waals surface area contributed by atoms with E-state index in [4.69, 9.17) is 11.6 Å². The second-order valence-electron chi connectivity index (χ2n) is 5.15. The molecule has 2 N–H and O–H groups in total. The molecule has 1 amide bonds. The summed E-state index contributed by atoms with van der Waals surface area (Å²) in [4.78, 5) is 12.1. The highest BCUT2D eigenvalue weighted by atomic mass is 35.5. The van der Waals surface area contributed by atoms with Crippen LogP contribution in [0.1, 0.15) is 17.9 Å². The van der Waals surface area contributed by atoms with Crippen LogP contribution in [-0.4, -0.2) is 11.0 Å². The summed E-state index contributed by atoms with van der Waals surface area (Å²) < 4.78 is 12.9. The number of benzene rings is 2. The van der Waals surface area contributed by atoms with Crippen molar-refractivity contribution < 1.29 is 14.3 Å². The molecule has 1 saturated carbocycles. The molecule has 2 aromatic rings.